The molecule has 0 aliphatic rings. The van der Waals surface area contributed by atoms with Crippen LogP contribution in [0.3, 0.4) is 0 Å². The molecule has 1 atom stereocenters. The normalized spacial score (nSPS) is 13.6. The summed E-state index contributed by atoms with van der Waals surface area (Å²) in [5.74, 6) is 0. The van der Waals surface area contributed by atoms with Crippen molar-refractivity contribution in [3.8, 4) is 0 Å². The van der Waals surface area contributed by atoms with Gasteiger partial charge in [-0.3, -0.25) is 0 Å². The Balaban J connectivity index is 2.82. The van der Waals surface area contributed by atoms with Crippen LogP contribution in [0.1, 0.15) is 12.5 Å². The molecule has 2 N–H and O–H groups in total. The first-order valence-electron chi connectivity index (χ1n) is 3.88. The van der Waals surface area contributed by atoms with Gasteiger partial charge in [0.1, 0.15) is 0 Å². The number of rotatable bonds is 2. The number of halogens is 1. The largest absolute Gasteiger partial charge is 0.325 e. The van der Waals surface area contributed by atoms with Crippen LogP contribution in [0.25, 0.3) is 6.08 Å². The van der Waals surface area contributed by atoms with Crippen molar-refractivity contribution in [2.45, 2.75) is 13.0 Å². The van der Waals surface area contributed by atoms with Crippen LogP contribution < -0.4 is 5.73 Å². The molecule has 0 aliphatic carbocycles. The predicted molar refractivity (Wildman–Crippen MR) is 54.1 cm³/mol. The molecule has 1 nitrogen and oxygen atoms in total. The Morgan fingerprint density at radius 2 is 2.08 bits per heavy atom. The second-order valence-electron chi connectivity index (χ2n) is 2.74. The van der Waals surface area contributed by atoms with E-state index in [1.807, 2.05) is 43.3 Å². The molecule has 0 bridgehead atoms. The summed E-state index contributed by atoms with van der Waals surface area (Å²) < 4.78 is 0. The van der Waals surface area contributed by atoms with E-state index < -0.39 is 0 Å². The number of benzene rings is 1. The first-order chi connectivity index (χ1) is 5.70. The molecule has 1 unspecified atom stereocenters. The summed E-state index contributed by atoms with van der Waals surface area (Å²) >= 11 is 5.92. The van der Waals surface area contributed by atoms with E-state index in [1.165, 1.54) is 0 Å². The van der Waals surface area contributed by atoms with Crippen molar-refractivity contribution in [3.05, 3.63) is 40.9 Å². The molecule has 0 saturated heterocycles. The number of hydrogen-bond donors (Lipinski definition) is 1. The van der Waals surface area contributed by atoms with E-state index in [0.717, 1.165) is 10.6 Å². The van der Waals surface area contributed by atoms with E-state index in [1.54, 1.807) is 0 Å². The van der Waals surface area contributed by atoms with E-state index in [2.05, 4.69) is 0 Å². The van der Waals surface area contributed by atoms with E-state index in [-0.39, 0.29) is 6.04 Å². The van der Waals surface area contributed by atoms with Gasteiger partial charge in [0.15, 0.2) is 0 Å². The zero-order chi connectivity index (χ0) is 8.97. The van der Waals surface area contributed by atoms with Crippen LogP contribution >= 0.6 is 11.6 Å². The summed E-state index contributed by atoms with van der Waals surface area (Å²) in [5, 5.41) is 0.759. The lowest BCUT2D eigenvalue weighted by atomic mass is 10.2. The van der Waals surface area contributed by atoms with Gasteiger partial charge in [-0.15, -0.1) is 0 Å². The molecule has 2 heteroatoms. The van der Waals surface area contributed by atoms with Crippen molar-refractivity contribution >= 4 is 17.7 Å². The molecular weight excluding hydrogens is 170 g/mol. The lowest BCUT2D eigenvalue weighted by molar-refractivity contribution is 0.931. The van der Waals surface area contributed by atoms with Crippen molar-refractivity contribution in [2.24, 2.45) is 5.73 Å². The Labute approximate surface area is 77.8 Å². The fraction of sp³-hybridized carbons (Fsp3) is 0.200. The van der Waals surface area contributed by atoms with Gasteiger partial charge in [0, 0.05) is 11.1 Å². The molecule has 0 fully saturated rings. The van der Waals surface area contributed by atoms with Gasteiger partial charge in [0.05, 0.1) is 0 Å². The smallest absolute Gasteiger partial charge is 0.0478 e. The van der Waals surface area contributed by atoms with Gasteiger partial charge < -0.3 is 5.73 Å². The minimum absolute atomic E-state index is 0.0706. The maximum Gasteiger partial charge on any atom is 0.0478 e. The zero-order valence-electron chi connectivity index (χ0n) is 7.00. The fourth-order valence-corrected chi connectivity index (χ4v) is 1.06. The highest BCUT2D eigenvalue weighted by Crippen LogP contribution is 2.16. The van der Waals surface area contributed by atoms with Crippen LogP contribution in [-0.4, -0.2) is 6.04 Å². The van der Waals surface area contributed by atoms with Crippen LogP contribution in [0.2, 0.25) is 5.02 Å². The standard InChI is InChI=1S/C10H12ClN/c1-8(12)6-7-9-4-2-3-5-10(9)11/h2-8H,12H2,1H3/b7-6+. The van der Waals surface area contributed by atoms with Crippen LogP contribution in [0.15, 0.2) is 30.3 Å². The van der Waals surface area contributed by atoms with E-state index in [0.29, 0.717) is 0 Å². The lowest BCUT2D eigenvalue weighted by Gasteiger charge is -1.97. The minimum Gasteiger partial charge on any atom is -0.325 e. The fourth-order valence-electron chi connectivity index (χ4n) is 0.866. The SMILES string of the molecule is CC(N)/C=C/c1ccccc1Cl. The lowest BCUT2D eigenvalue weighted by Crippen LogP contribution is -2.09. The molecule has 0 radical (unpaired) electrons. The van der Waals surface area contributed by atoms with Crippen molar-refractivity contribution in [1.29, 1.82) is 0 Å². The second kappa shape index (κ2) is 4.29. The zero-order valence-corrected chi connectivity index (χ0v) is 7.75. The van der Waals surface area contributed by atoms with Gasteiger partial charge in [0.25, 0.3) is 0 Å². The molecule has 1 rings (SSSR count). The molecular formula is C10H12ClN. The third kappa shape index (κ3) is 2.68. The van der Waals surface area contributed by atoms with Gasteiger partial charge in [-0.05, 0) is 18.6 Å². The van der Waals surface area contributed by atoms with Crippen molar-refractivity contribution < 1.29 is 0 Å². The van der Waals surface area contributed by atoms with Gasteiger partial charge in [-0.1, -0.05) is 42.0 Å². The molecule has 0 heterocycles. The first kappa shape index (κ1) is 9.30. The Kier molecular flexibility index (Phi) is 3.32. The molecule has 0 aromatic heterocycles. The van der Waals surface area contributed by atoms with Crippen molar-refractivity contribution in [2.75, 3.05) is 0 Å². The summed E-state index contributed by atoms with van der Waals surface area (Å²) in [4.78, 5) is 0. The van der Waals surface area contributed by atoms with E-state index >= 15 is 0 Å². The highest BCUT2D eigenvalue weighted by atomic mass is 35.5. The Hall–Kier alpha value is -0.790. The van der Waals surface area contributed by atoms with Crippen LogP contribution in [-0.2, 0) is 0 Å². The average molecular weight is 182 g/mol. The van der Waals surface area contributed by atoms with E-state index in [4.69, 9.17) is 17.3 Å². The summed E-state index contributed by atoms with van der Waals surface area (Å²) in [7, 11) is 0. The number of hydrogen-bond acceptors (Lipinski definition) is 1. The first-order valence-corrected chi connectivity index (χ1v) is 4.26. The molecule has 1 aromatic rings. The van der Waals surface area contributed by atoms with Gasteiger partial charge in [0.2, 0.25) is 0 Å². The quantitative estimate of drug-likeness (QED) is 0.746. The molecule has 12 heavy (non-hydrogen) atoms. The maximum atomic E-state index is 5.92. The van der Waals surface area contributed by atoms with Gasteiger partial charge in [-0.2, -0.15) is 0 Å². The monoisotopic (exact) mass is 181 g/mol. The Morgan fingerprint density at radius 1 is 1.42 bits per heavy atom. The van der Waals surface area contributed by atoms with E-state index in [9.17, 15) is 0 Å². The van der Waals surface area contributed by atoms with Crippen molar-refractivity contribution in [3.63, 3.8) is 0 Å². The topological polar surface area (TPSA) is 26.0 Å². The molecule has 0 amide bonds. The third-order valence-electron chi connectivity index (χ3n) is 1.48. The third-order valence-corrected chi connectivity index (χ3v) is 1.83. The highest BCUT2D eigenvalue weighted by Gasteiger charge is 1.92. The average Bonchev–Trinajstić information content (AvgIpc) is 2.03. The molecule has 0 spiro atoms. The van der Waals surface area contributed by atoms with Crippen molar-refractivity contribution in [1.82, 2.24) is 0 Å². The highest BCUT2D eigenvalue weighted by molar-refractivity contribution is 6.32. The molecule has 1 aromatic carbocycles. The van der Waals surface area contributed by atoms with Gasteiger partial charge in [-0.25, -0.2) is 0 Å². The summed E-state index contributed by atoms with van der Waals surface area (Å²) in [6, 6.07) is 7.75. The molecule has 0 saturated carbocycles. The Bertz CT molecular complexity index is 279. The second-order valence-corrected chi connectivity index (χ2v) is 3.15. The maximum absolute atomic E-state index is 5.92. The minimum atomic E-state index is 0.0706. The van der Waals surface area contributed by atoms with Crippen LogP contribution in [0.4, 0.5) is 0 Å². The summed E-state index contributed by atoms with van der Waals surface area (Å²) in [6.07, 6.45) is 3.86. The molecule has 64 valence electrons. The predicted octanol–water partition coefficient (Wildman–Crippen LogP) is 2.70. The number of nitrogens with two attached hydrogens (primary N) is 1. The summed E-state index contributed by atoms with van der Waals surface area (Å²) in [6.45, 7) is 1.92. The molecule has 0 aliphatic heterocycles. The van der Waals surface area contributed by atoms with Crippen LogP contribution in [0.5, 0.6) is 0 Å². The Morgan fingerprint density at radius 3 is 2.67 bits per heavy atom. The summed E-state index contributed by atoms with van der Waals surface area (Å²) in [5.41, 5.74) is 6.57. The van der Waals surface area contributed by atoms with Gasteiger partial charge >= 0.3 is 0 Å². The van der Waals surface area contributed by atoms with Crippen LogP contribution in [0, 0.1) is 0 Å².